The average molecular weight is 743 g/mol. The second-order valence-corrected chi connectivity index (χ2v) is 14.6. The zero-order valence-electron chi connectivity index (χ0n) is 29.8. The van der Waals surface area contributed by atoms with Crippen LogP contribution in [0.4, 0.5) is 35.2 Å². The van der Waals surface area contributed by atoms with Crippen molar-refractivity contribution in [3.8, 4) is 0 Å². The van der Waals surface area contributed by atoms with E-state index in [2.05, 4.69) is 49.6 Å². The van der Waals surface area contributed by atoms with E-state index in [-0.39, 0.29) is 24.1 Å². The van der Waals surface area contributed by atoms with E-state index < -0.39 is 23.8 Å². The molecule has 8 rings (SSSR count). The first kappa shape index (κ1) is 35.5. The summed E-state index contributed by atoms with van der Waals surface area (Å²) in [6.07, 6.45) is 7.63. The summed E-state index contributed by atoms with van der Waals surface area (Å²) in [5.74, 6) is 0.277. The highest BCUT2D eigenvalue weighted by atomic mass is 19.4. The predicted molar refractivity (Wildman–Crippen MR) is 196 cm³/mol. The van der Waals surface area contributed by atoms with Gasteiger partial charge in [-0.2, -0.15) is 18.3 Å². The van der Waals surface area contributed by atoms with Crippen LogP contribution in [0.5, 0.6) is 0 Å². The van der Waals surface area contributed by atoms with Crippen molar-refractivity contribution in [2.75, 3.05) is 48.3 Å². The van der Waals surface area contributed by atoms with E-state index in [1.54, 1.807) is 29.3 Å². The molecule has 0 atom stereocenters. The second-order valence-electron chi connectivity index (χ2n) is 14.6. The molecule has 13 nitrogen and oxygen atoms in total. The van der Waals surface area contributed by atoms with E-state index in [1.165, 1.54) is 12.1 Å². The van der Waals surface area contributed by atoms with Gasteiger partial charge in [-0.3, -0.25) is 28.9 Å². The summed E-state index contributed by atoms with van der Waals surface area (Å²) in [5, 5.41) is 10.7. The summed E-state index contributed by atoms with van der Waals surface area (Å²) < 4.78 is 43.1. The molecule has 1 saturated carbocycles. The van der Waals surface area contributed by atoms with Gasteiger partial charge in [0.15, 0.2) is 0 Å². The first-order valence-electron chi connectivity index (χ1n) is 18.4. The summed E-state index contributed by atoms with van der Waals surface area (Å²) in [6.45, 7) is 3.28. The van der Waals surface area contributed by atoms with Crippen LogP contribution in [0.1, 0.15) is 67.2 Å². The van der Waals surface area contributed by atoms with Gasteiger partial charge < -0.3 is 15.1 Å². The van der Waals surface area contributed by atoms with Crippen LogP contribution in [0.25, 0.3) is 16.6 Å². The lowest BCUT2D eigenvalue weighted by atomic mass is 9.85. The molecule has 5 aromatic rings. The number of anilines is 3. The van der Waals surface area contributed by atoms with Gasteiger partial charge in [-0.15, -0.1) is 0 Å². The van der Waals surface area contributed by atoms with Gasteiger partial charge in [0, 0.05) is 73.9 Å². The molecule has 1 aliphatic carbocycles. The SMILES string of the molecule is CN(CC1CCC(n2cc3cc(NC(=O)c4cccc(C(F)(F)F)n4)ccc3n2)CC1)C1CCN(c2ccn3c(N4CCC(=O)NC4=O)cnc3c2)CC1. The van der Waals surface area contributed by atoms with Crippen LogP contribution in [0.2, 0.25) is 0 Å². The minimum Gasteiger partial charge on any atom is -0.371 e. The number of alkyl halides is 3. The van der Waals surface area contributed by atoms with Crippen LogP contribution in [-0.4, -0.2) is 86.2 Å². The van der Waals surface area contributed by atoms with Crippen molar-refractivity contribution in [3.05, 3.63) is 78.5 Å². The number of nitrogens with one attached hydrogen (secondary N) is 2. The second kappa shape index (κ2) is 14.4. The van der Waals surface area contributed by atoms with Gasteiger partial charge >= 0.3 is 12.2 Å². The van der Waals surface area contributed by atoms with E-state index >= 15 is 0 Å². The number of hydrogen-bond acceptors (Lipinski definition) is 8. The summed E-state index contributed by atoms with van der Waals surface area (Å²) in [6, 6.07) is 13.0. The first-order valence-corrected chi connectivity index (χ1v) is 18.4. The average Bonchev–Trinajstić information content (AvgIpc) is 3.79. The molecule has 4 aromatic heterocycles. The number of halogens is 3. The largest absolute Gasteiger partial charge is 0.433 e. The quantitative estimate of drug-likeness (QED) is 0.194. The van der Waals surface area contributed by atoms with E-state index in [9.17, 15) is 27.6 Å². The third kappa shape index (κ3) is 7.34. The van der Waals surface area contributed by atoms with Crippen molar-refractivity contribution >= 4 is 51.6 Å². The maximum atomic E-state index is 13.1. The van der Waals surface area contributed by atoms with Crippen molar-refractivity contribution in [1.29, 1.82) is 0 Å². The molecular weight excluding hydrogens is 701 g/mol. The fourth-order valence-corrected chi connectivity index (χ4v) is 8.07. The molecule has 0 spiro atoms. The van der Waals surface area contributed by atoms with E-state index in [0.29, 0.717) is 30.0 Å². The molecule has 1 aromatic carbocycles. The third-order valence-corrected chi connectivity index (χ3v) is 11.0. The number of urea groups is 1. The molecule has 2 saturated heterocycles. The zero-order chi connectivity index (χ0) is 37.6. The molecule has 0 unspecified atom stereocenters. The fraction of sp³-hybridized carbons (Fsp3) is 0.421. The molecule has 282 valence electrons. The number of imidazole rings is 1. The highest BCUT2D eigenvalue weighted by Gasteiger charge is 2.33. The minimum absolute atomic E-state index is 0.261. The molecule has 4 amide bonds. The molecule has 16 heteroatoms. The Morgan fingerprint density at radius 1 is 1.00 bits per heavy atom. The molecule has 3 fully saturated rings. The summed E-state index contributed by atoms with van der Waals surface area (Å²) in [5.41, 5.74) is 1.70. The molecule has 0 bridgehead atoms. The van der Waals surface area contributed by atoms with E-state index in [0.717, 1.165) is 86.5 Å². The molecule has 2 aliphatic heterocycles. The van der Waals surface area contributed by atoms with Gasteiger partial charge in [0.25, 0.3) is 5.91 Å². The van der Waals surface area contributed by atoms with Crippen molar-refractivity contribution < 1.29 is 27.6 Å². The Labute approximate surface area is 309 Å². The number of imide groups is 1. The maximum Gasteiger partial charge on any atom is 0.433 e. The number of benzene rings is 1. The Morgan fingerprint density at radius 3 is 2.56 bits per heavy atom. The van der Waals surface area contributed by atoms with Gasteiger partial charge in [-0.1, -0.05) is 6.07 Å². The number of pyridine rings is 2. The lowest BCUT2D eigenvalue weighted by Crippen LogP contribution is -2.50. The van der Waals surface area contributed by atoms with Crippen molar-refractivity contribution in [2.24, 2.45) is 5.92 Å². The van der Waals surface area contributed by atoms with Gasteiger partial charge in [0.1, 0.15) is 22.9 Å². The summed E-state index contributed by atoms with van der Waals surface area (Å²) >= 11 is 0. The van der Waals surface area contributed by atoms with Crippen LogP contribution in [0, 0.1) is 5.92 Å². The Morgan fingerprint density at radius 2 is 1.80 bits per heavy atom. The summed E-state index contributed by atoms with van der Waals surface area (Å²) in [4.78, 5) is 51.1. The molecule has 2 N–H and O–H groups in total. The standard InChI is InChI=1S/C38H41F3N10O3/c1-47(27-11-15-48(16-12-27)29-13-17-49-33(20-29)42-21-35(49)50-18-14-34(52)45-37(50)54)22-24-5-8-28(9-6-24)51-23-25-19-26(7-10-30(25)46-51)43-36(53)31-3-2-4-32(44-31)38(39,40)41/h2-4,7,10,13,17,19-21,23-24,27-28H,5-6,8-9,11-12,14-16,18,22H2,1H3,(H,43,53)(H,45,52,54). The molecular formula is C38H41F3N10O3. The van der Waals surface area contributed by atoms with Gasteiger partial charge in [-0.05, 0) is 87.9 Å². The number of amides is 4. The lowest BCUT2D eigenvalue weighted by Gasteiger charge is -2.40. The highest BCUT2D eigenvalue weighted by molar-refractivity contribution is 6.05. The van der Waals surface area contributed by atoms with Gasteiger partial charge in [0.05, 0.1) is 17.8 Å². The van der Waals surface area contributed by atoms with Gasteiger partial charge in [0.2, 0.25) is 5.91 Å². The van der Waals surface area contributed by atoms with Crippen molar-refractivity contribution in [3.63, 3.8) is 0 Å². The van der Waals surface area contributed by atoms with Crippen LogP contribution in [0.15, 0.2) is 67.1 Å². The monoisotopic (exact) mass is 742 g/mol. The molecule has 6 heterocycles. The molecule has 54 heavy (non-hydrogen) atoms. The predicted octanol–water partition coefficient (Wildman–Crippen LogP) is 6.13. The Bertz CT molecular complexity index is 2200. The number of piperidine rings is 1. The number of carbonyl (C=O) groups is 3. The zero-order valence-corrected chi connectivity index (χ0v) is 29.8. The Hall–Kier alpha value is -5.51. The first-order chi connectivity index (χ1) is 26.0. The van der Waals surface area contributed by atoms with E-state index in [1.807, 2.05) is 21.5 Å². The Kier molecular flexibility index (Phi) is 9.46. The molecule has 3 aliphatic rings. The third-order valence-electron chi connectivity index (χ3n) is 11.0. The lowest BCUT2D eigenvalue weighted by molar-refractivity contribution is -0.141. The van der Waals surface area contributed by atoms with Crippen molar-refractivity contribution in [2.45, 2.75) is 63.2 Å². The number of nitrogens with zero attached hydrogens (tertiary/aromatic N) is 8. The number of fused-ring (bicyclic) bond motifs is 2. The van der Waals surface area contributed by atoms with Crippen LogP contribution in [-0.2, 0) is 11.0 Å². The maximum absolute atomic E-state index is 13.1. The minimum atomic E-state index is -4.63. The number of hydrogen-bond donors (Lipinski definition) is 2. The fourth-order valence-electron chi connectivity index (χ4n) is 8.07. The van der Waals surface area contributed by atoms with E-state index in [4.69, 9.17) is 5.10 Å². The van der Waals surface area contributed by atoms with Crippen molar-refractivity contribution in [1.82, 2.24) is 34.4 Å². The smallest absolute Gasteiger partial charge is 0.371 e. The highest BCUT2D eigenvalue weighted by Crippen LogP contribution is 2.35. The number of rotatable bonds is 8. The molecule has 0 radical (unpaired) electrons. The normalized spacial score (nSPS) is 20.2. The number of aromatic nitrogens is 5. The van der Waals surface area contributed by atoms with Gasteiger partial charge in [-0.25, -0.2) is 14.8 Å². The summed E-state index contributed by atoms with van der Waals surface area (Å²) in [7, 11) is 2.24. The van der Waals surface area contributed by atoms with Crippen LogP contribution < -0.4 is 20.4 Å². The number of carbonyl (C=O) groups excluding carboxylic acids is 3. The Balaban J connectivity index is 0.812. The van der Waals surface area contributed by atoms with Crippen LogP contribution in [0.3, 0.4) is 0 Å². The topological polar surface area (TPSA) is 133 Å². The van der Waals surface area contributed by atoms with Crippen LogP contribution >= 0.6 is 0 Å².